The minimum absolute atomic E-state index is 0.617. The lowest BCUT2D eigenvalue weighted by Crippen LogP contribution is -2.17. The number of aromatic nitrogens is 5. The van der Waals surface area contributed by atoms with Crippen LogP contribution in [-0.4, -0.2) is 30.8 Å². The summed E-state index contributed by atoms with van der Waals surface area (Å²) < 4.78 is 1.77. The molecule has 1 aliphatic rings. The molecular weight excluding hydrogens is 264 g/mol. The Balaban J connectivity index is 1.84. The van der Waals surface area contributed by atoms with E-state index in [4.69, 9.17) is 0 Å². The third-order valence-electron chi connectivity index (χ3n) is 3.77. The highest BCUT2D eigenvalue weighted by Crippen LogP contribution is 2.19. The van der Waals surface area contributed by atoms with E-state index in [0.29, 0.717) is 12.0 Å². The number of rotatable bonds is 6. The maximum absolute atomic E-state index is 4.61. The van der Waals surface area contributed by atoms with Crippen molar-refractivity contribution in [2.75, 3.05) is 0 Å². The molecule has 1 fully saturated rings. The quantitative estimate of drug-likeness (QED) is 0.876. The Morgan fingerprint density at radius 2 is 2.05 bits per heavy atom. The van der Waals surface area contributed by atoms with Gasteiger partial charge >= 0.3 is 0 Å². The van der Waals surface area contributed by atoms with E-state index >= 15 is 0 Å². The molecule has 0 aliphatic heterocycles. The summed E-state index contributed by atoms with van der Waals surface area (Å²) in [6.45, 7) is 6.99. The van der Waals surface area contributed by atoms with E-state index in [2.05, 4.69) is 39.2 Å². The Labute approximate surface area is 125 Å². The second-order valence-corrected chi connectivity index (χ2v) is 5.50. The van der Waals surface area contributed by atoms with Gasteiger partial charge in [0.2, 0.25) is 0 Å². The minimum atomic E-state index is 0.617. The van der Waals surface area contributed by atoms with Crippen LogP contribution in [0.25, 0.3) is 5.95 Å². The third-order valence-corrected chi connectivity index (χ3v) is 3.77. The molecule has 6 nitrogen and oxygen atoms in total. The molecule has 112 valence electrons. The van der Waals surface area contributed by atoms with Gasteiger partial charge < -0.3 is 5.32 Å². The summed E-state index contributed by atoms with van der Waals surface area (Å²) in [6.07, 6.45) is 6.12. The normalized spacial score (nSPS) is 14.6. The first kappa shape index (κ1) is 14.1. The highest BCUT2D eigenvalue weighted by Gasteiger charge is 2.20. The van der Waals surface area contributed by atoms with Crippen LogP contribution in [-0.2, 0) is 19.4 Å². The van der Waals surface area contributed by atoms with Gasteiger partial charge in [0.1, 0.15) is 5.82 Å². The first-order chi connectivity index (χ1) is 10.2. The maximum Gasteiger partial charge on any atom is 0.252 e. The summed E-state index contributed by atoms with van der Waals surface area (Å²) in [6, 6.07) is 0.693. The number of aryl methyl sites for hydroxylation is 3. The van der Waals surface area contributed by atoms with Crippen molar-refractivity contribution in [3.05, 3.63) is 29.1 Å². The van der Waals surface area contributed by atoms with Crippen LogP contribution in [0.4, 0.5) is 0 Å². The zero-order valence-electron chi connectivity index (χ0n) is 12.9. The number of hydrogen-bond donors (Lipinski definition) is 1. The summed E-state index contributed by atoms with van der Waals surface area (Å²) in [5, 5.41) is 7.98. The second-order valence-electron chi connectivity index (χ2n) is 5.50. The summed E-state index contributed by atoms with van der Waals surface area (Å²) in [7, 11) is 0. The molecular formula is C15H22N6. The molecule has 1 aliphatic carbocycles. The van der Waals surface area contributed by atoms with Crippen LogP contribution in [0.3, 0.4) is 0 Å². The van der Waals surface area contributed by atoms with Crippen molar-refractivity contribution in [2.45, 2.75) is 59.0 Å². The van der Waals surface area contributed by atoms with E-state index < -0.39 is 0 Å². The Kier molecular flexibility index (Phi) is 3.96. The van der Waals surface area contributed by atoms with Crippen LogP contribution in [0.5, 0.6) is 0 Å². The summed E-state index contributed by atoms with van der Waals surface area (Å²) in [4.78, 5) is 13.6. The average molecular weight is 286 g/mol. The van der Waals surface area contributed by atoms with Gasteiger partial charge in [-0.2, -0.15) is 4.68 Å². The molecule has 0 bridgehead atoms. The fourth-order valence-electron chi connectivity index (χ4n) is 2.23. The highest BCUT2D eigenvalue weighted by atomic mass is 15.4. The van der Waals surface area contributed by atoms with Crippen LogP contribution in [0.15, 0.2) is 6.20 Å². The second kappa shape index (κ2) is 5.89. The zero-order valence-corrected chi connectivity index (χ0v) is 12.9. The largest absolute Gasteiger partial charge is 0.310 e. The fourth-order valence-corrected chi connectivity index (χ4v) is 2.23. The summed E-state index contributed by atoms with van der Waals surface area (Å²) in [5.41, 5.74) is 2.16. The van der Waals surface area contributed by atoms with Gasteiger partial charge in [-0.1, -0.05) is 13.8 Å². The Morgan fingerprint density at radius 1 is 1.24 bits per heavy atom. The molecule has 2 aromatic heterocycles. The van der Waals surface area contributed by atoms with Crippen molar-refractivity contribution >= 4 is 0 Å². The van der Waals surface area contributed by atoms with Gasteiger partial charge in [-0.3, -0.25) is 0 Å². The van der Waals surface area contributed by atoms with Crippen LogP contribution in [0, 0.1) is 6.92 Å². The molecule has 0 radical (unpaired) electrons. The van der Waals surface area contributed by atoms with Crippen LogP contribution >= 0.6 is 0 Å². The van der Waals surface area contributed by atoms with Crippen molar-refractivity contribution in [3.8, 4) is 5.95 Å². The third kappa shape index (κ3) is 3.10. The molecule has 0 spiro atoms. The van der Waals surface area contributed by atoms with E-state index in [9.17, 15) is 0 Å². The van der Waals surface area contributed by atoms with Gasteiger partial charge in [-0.15, -0.1) is 5.10 Å². The molecule has 0 atom stereocenters. The Hall–Kier alpha value is -1.82. The van der Waals surface area contributed by atoms with Gasteiger partial charge in [0.25, 0.3) is 5.95 Å². The van der Waals surface area contributed by atoms with Gasteiger partial charge in [-0.05, 0) is 19.8 Å². The standard InChI is InChI=1S/C15H22N6/c1-4-13-19-14(5-2)21(20-13)15-17-9-11(10(3)18-15)8-16-12-6-7-12/h9,12,16H,4-8H2,1-3H3. The van der Waals surface area contributed by atoms with Crippen LogP contribution in [0.1, 0.15) is 49.6 Å². The highest BCUT2D eigenvalue weighted by molar-refractivity contribution is 5.22. The van der Waals surface area contributed by atoms with Gasteiger partial charge in [0.05, 0.1) is 0 Å². The molecule has 21 heavy (non-hydrogen) atoms. The smallest absolute Gasteiger partial charge is 0.252 e. The van der Waals surface area contributed by atoms with Crippen molar-refractivity contribution in [1.29, 1.82) is 0 Å². The lowest BCUT2D eigenvalue weighted by atomic mass is 10.2. The summed E-state index contributed by atoms with van der Waals surface area (Å²) >= 11 is 0. The van der Waals surface area contributed by atoms with Gasteiger partial charge in [0.15, 0.2) is 5.82 Å². The first-order valence-electron chi connectivity index (χ1n) is 7.72. The molecule has 0 unspecified atom stereocenters. The molecule has 2 aromatic rings. The zero-order chi connectivity index (χ0) is 14.8. The van der Waals surface area contributed by atoms with E-state index in [1.807, 2.05) is 13.1 Å². The Morgan fingerprint density at radius 3 is 2.67 bits per heavy atom. The fraction of sp³-hybridized carbons (Fsp3) is 0.600. The first-order valence-corrected chi connectivity index (χ1v) is 7.72. The molecule has 0 saturated heterocycles. The molecule has 2 heterocycles. The molecule has 0 aromatic carbocycles. The maximum atomic E-state index is 4.61. The van der Waals surface area contributed by atoms with Crippen molar-refractivity contribution < 1.29 is 0 Å². The predicted molar refractivity (Wildman–Crippen MR) is 80.3 cm³/mol. The lowest BCUT2D eigenvalue weighted by molar-refractivity contribution is 0.672. The van der Waals surface area contributed by atoms with Crippen LogP contribution in [0.2, 0.25) is 0 Å². The lowest BCUT2D eigenvalue weighted by Gasteiger charge is -2.08. The van der Waals surface area contributed by atoms with Crippen LogP contribution < -0.4 is 5.32 Å². The van der Waals surface area contributed by atoms with E-state index in [0.717, 1.165) is 42.3 Å². The minimum Gasteiger partial charge on any atom is -0.310 e. The average Bonchev–Trinajstić information content (AvgIpc) is 3.23. The van der Waals surface area contributed by atoms with Crippen molar-refractivity contribution in [2.24, 2.45) is 0 Å². The summed E-state index contributed by atoms with van der Waals surface area (Å²) in [5.74, 6) is 2.37. The molecule has 1 N–H and O–H groups in total. The van der Waals surface area contributed by atoms with E-state index in [-0.39, 0.29) is 0 Å². The molecule has 3 rings (SSSR count). The van der Waals surface area contributed by atoms with Crippen molar-refractivity contribution in [1.82, 2.24) is 30.0 Å². The van der Waals surface area contributed by atoms with Gasteiger partial charge in [-0.25, -0.2) is 15.0 Å². The monoisotopic (exact) mass is 286 g/mol. The molecule has 1 saturated carbocycles. The number of hydrogen-bond acceptors (Lipinski definition) is 5. The van der Waals surface area contributed by atoms with Crippen molar-refractivity contribution in [3.63, 3.8) is 0 Å². The number of nitrogens with one attached hydrogen (secondary N) is 1. The predicted octanol–water partition coefficient (Wildman–Crippen LogP) is 1.74. The van der Waals surface area contributed by atoms with E-state index in [1.165, 1.54) is 12.8 Å². The SMILES string of the molecule is CCc1nc(CC)n(-c2ncc(CNC3CC3)c(C)n2)n1. The van der Waals surface area contributed by atoms with Gasteiger partial charge in [0, 0.05) is 42.9 Å². The molecule has 6 heteroatoms. The molecule has 0 amide bonds. The van der Waals surface area contributed by atoms with E-state index in [1.54, 1.807) is 4.68 Å². The topological polar surface area (TPSA) is 68.5 Å². The Bertz CT molecular complexity index is 629. The number of nitrogens with zero attached hydrogens (tertiary/aromatic N) is 5.